The Kier molecular flexibility index (Phi) is 4.86. The lowest BCUT2D eigenvalue weighted by Gasteiger charge is -2.13. The number of halogens is 1. The van der Waals surface area contributed by atoms with E-state index in [2.05, 4.69) is 40.3 Å². The van der Waals surface area contributed by atoms with Crippen molar-refractivity contribution in [3.05, 3.63) is 28.2 Å². The van der Waals surface area contributed by atoms with Crippen LogP contribution in [-0.2, 0) is 6.54 Å². The van der Waals surface area contributed by atoms with E-state index in [9.17, 15) is 0 Å². The van der Waals surface area contributed by atoms with E-state index in [1.165, 1.54) is 18.4 Å². The van der Waals surface area contributed by atoms with Crippen molar-refractivity contribution in [2.75, 3.05) is 13.2 Å². The molecule has 1 aliphatic rings. The molecule has 94 valence electrons. The zero-order valence-electron chi connectivity index (χ0n) is 10.3. The van der Waals surface area contributed by atoms with E-state index in [4.69, 9.17) is 4.74 Å². The minimum absolute atomic E-state index is 0.790. The molecule has 1 N–H and O–H groups in total. The number of rotatable bonds is 7. The van der Waals surface area contributed by atoms with E-state index in [1.807, 2.05) is 6.07 Å². The number of ether oxygens (including phenoxy) is 1. The maximum atomic E-state index is 5.94. The minimum atomic E-state index is 0.790. The van der Waals surface area contributed by atoms with Gasteiger partial charge in [-0.3, -0.25) is 0 Å². The van der Waals surface area contributed by atoms with Crippen LogP contribution in [0.2, 0.25) is 0 Å². The van der Waals surface area contributed by atoms with Gasteiger partial charge in [0.1, 0.15) is 5.75 Å². The summed E-state index contributed by atoms with van der Waals surface area (Å²) >= 11 is 3.57. The number of nitrogens with one attached hydrogen (secondary N) is 1. The van der Waals surface area contributed by atoms with E-state index in [0.29, 0.717) is 0 Å². The van der Waals surface area contributed by atoms with Crippen LogP contribution in [0.4, 0.5) is 0 Å². The molecule has 0 saturated heterocycles. The second kappa shape index (κ2) is 6.41. The van der Waals surface area contributed by atoms with Gasteiger partial charge < -0.3 is 10.1 Å². The largest absolute Gasteiger partial charge is 0.492 e. The SMILES string of the molecule is CCCNCc1cccc(Br)c1OCC1CC1. The molecule has 0 heterocycles. The average Bonchev–Trinajstić information content (AvgIpc) is 3.12. The highest BCUT2D eigenvalue weighted by atomic mass is 79.9. The summed E-state index contributed by atoms with van der Waals surface area (Å²) in [6.07, 6.45) is 3.81. The van der Waals surface area contributed by atoms with Gasteiger partial charge in [0.05, 0.1) is 11.1 Å². The molecule has 0 radical (unpaired) electrons. The molecule has 2 nitrogen and oxygen atoms in total. The molecule has 0 bridgehead atoms. The molecule has 0 aliphatic heterocycles. The van der Waals surface area contributed by atoms with Crippen LogP contribution >= 0.6 is 15.9 Å². The summed E-state index contributed by atoms with van der Waals surface area (Å²) in [5, 5.41) is 3.42. The Bertz CT molecular complexity index is 363. The monoisotopic (exact) mass is 297 g/mol. The molecule has 0 spiro atoms. The summed E-state index contributed by atoms with van der Waals surface area (Å²) in [5.74, 6) is 1.81. The van der Waals surface area contributed by atoms with Crippen molar-refractivity contribution in [2.24, 2.45) is 5.92 Å². The Labute approximate surface area is 112 Å². The third-order valence-electron chi connectivity index (χ3n) is 2.95. The Morgan fingerprint density at radius 2 is 2.24 bits per heavy atom. The predicted octanol–water partition coefficient (Wildman–Crippen LogP) is 3.74. The molecule has 0 aromatic heterocycles. The number of hydrogen-bond donors (Lipinski definition) is 1. The van der Waals surface area contributed by atoms with Crippen molar-refractivity contribution >= 4 is 15.9 Å². The van der Waals surface area contributed by atoms with Gasteiger partial charge in [0.15, 0.2) is 0 Å². The first-order chi connectivity index (χ1) is 8.31. The average molecular weight is 298 g/mol. The van der Waals surface area contributed by atoms with Crippen LogP contribution in [-0.4, -0.2) is 13.2 Å². The molecule has 2 rings (SSSR count). The molecule has 3 heteroatoms. The fourth-order valence-electron chi connectivity index (χ4n) is 1.74. The van der Waals surface area contributed by atoms with Crippen molar-refractivity contribution in [1.82, 2.24) is 5.32 Å². The normalized spacial score (nSPS) is 14.9. The van der Waals surface area contributed by atoms with Crippen LogP contribution in [0.25, 0.3) is 0 Å². The lowest BCUT2D eigenvalue weighted by atomic mass is 10.2. The minimum Gasteiger partial charge on any atom is -0.492 e. The maximum Gasteiger partial charge on any atom is 0.137 e. The van der Waals surface area contributed by atoms with Crippen molar-refractivity contribution in [1.29, 1.82) is 0 Å². The summed E-state index contributed by atoms with van der Waals surface area (Å²) in [7, 11) is 0. The Hall–Kier alpha value is -0.540. The lowest BCUT2D eigenvalue weighted by Crippen LogP contribution is -2.15. The van der Waals surface area contributed by atoms with Crippen molar-refractivity contribution in [3.63, 3.8) is 0 Å². The van der Waals surface area contributed by atoms with Crippen LogP contribution < -0.4 is 10.1 Å². The summed E-state index contributed by atoms with van der Waals surface area (Å²) in [6, 6.07) is 6.25. The second-order valence-electron chi connectivity index (χ2n) is 4.66. The molecule has 0 unspecified atom stereocenters. The van der Waals surface area contributed by atoms with Gasteiger partial charge in [-0.2, -0.15) is 0 Å². The van der Waals surface area contributed by atoms with Gasteiger partial charge >= 0.3 is 0 Å². The summed E-state index contributed by atoms with van der Waals surface area (Å²) < 4.78 is 7.00. The van der Waals surface area contributed by atoms with E-state index in [-0.39, 0.29) is 0 Å². The highest BCUT2D eigenvalue weighted by Crippen LogP contribution is 2.33. The summed E-state index contributed by atoms with van der Waals surface area (Å²) in [5.41, 5.74) is 1.24. The van der Waals surface area contributed by atoms with Gasteiger partial charge in [0, 0.05) is 12.1 Å². The molecule has 1 aliphatic carbocycles. The Morgan fingerprint density at radius 1 is 1.41 bits per heavy atom. The fourth-order valence-corrected chi connectivity index (χ4v) is 2.26. The first-order valence-corrected chi connectivity index (χ1v) is 7.21. The standard InChI is InChI=1S/C14H20BrNO/c1-2-8-16-9-12-4-3-5-13(15)14(12)17-10-11-6-7-11/h3-5,11,16H,2,6-10H2,1H3. The third kappa shape index (κ3) is 4.00. The van der Waals surface area contributed by atoms with E-state index < -0.39 is 0 Å². The van der Waals surface area contributed by atoms with Gasteiger partial charge in [0.25, 0.3) is 0 Å². The lowest BCUT2D eigenvalue weighted by molar-refractivity contribution is 0.294. The highest BCUT2D eigenvalue weighted by molar-refractivity contribution is 9.10. The van der Waals surface area contributed by atoms with Crippen LogP contribution in [0.5, 0.6) is 5.75 Å². The summed E-state index contributed by atoms with van der Waals surface area (Å²) in [6.45, 7) is 4.98. The maximum absolute atomic E-state index is 5.94. The van der Waals surface area contributed by atoms with Crippen LogP contribution in [0.15, 0.2) is 22.7 Å². The molecule has 1 aromatic rings. The number of benzene rings is 1. The predicted molar refractivity (Wildman–Crippen MR) is 74.4 cm³/mol. The smallest absolute Gasteiger partial charge is 0.137 e. The second-order valence-corrected chi connectivity index (χ2v) is 5.51. The molecule has 1 aromatic carbocycles. The zero-order chi connectivity index (χ0) is 12.1. The Morgan fingerprint density at radius 3 is 2.94 bits per heavy atom. The van der Waals surface area contributed by atoms with Gasteiger partial charge in [-0.05, 0) is 53.7 Å². The van der Waals surface area contributed by atoms with Crippen LogP contribution in [0.1, 0.15) is 31.7 Å². The number of para-hydroxylation sites is 1. The quantitative estimate of drug-likeness (QED) is 0.774. The molecule has 0 atom stereocenters. The molecule has 1 fully saturated rings. The van der Waals surface area contributed by atoms with Gasteiger partial charge in [0.2, 0.25) is 0 Å². The molecular weight excluding hydrogens is 278 g/mol. The van der Waals surface area contributed by atoms with Crippen LogP contribution in [0, 0.1) is 5.92 Å². The van der Waals surface area contributed by atoms with E-state index in [0.717, 1.165) is 42.3 Å². The van der Waals surface area contributed by atoms with Crippen molar-refractivity contribution in [3.8, 4) is 5.75 Å². The molecule has 1 saturated carbocycles. The molecular formula is C14H20BrNO. The number of hydrogen-bond acceptors (Lipinski definition) is 2. The fraction of sp³-hybridized carbons (Fsp3) is 0.571. The van der Waals surface area contributed by atoms with Crippen molar-refractivity contribution < 1.29 is 4.74 Å². The van der Waals surface area contributed by atoms with Gasteiger partial charge in [-0.1, -0.05) is 19.1 Å². The highest BCUT2D eigenvalue weighted by Gasteiger charge is 2.22. The van der Waals surface area contributed by atoms with E-state index in [1.54, 1.807) is 0 Å². The molecule has 17 heavy (non-hydrogen) atoms. The van der Waals surface area contributed by atoms with Crippen LogP contribution in [0.3, 0.4) is 0 Å². The first kappa shape index (κ1) is 12.9. The zero-order valence-corrected chi connectivity index (χ0v) is 11.9. The molecule has 0 amide bonds. The topological polar surface area (TPSA) is 21.3 Å². The first-order valence-electron chi connectivity index (χ1n) is 6.42. The van der Waals surface area contributed by atoms with Crippen molar-refractivity contribution in [2.45, 2.75) is 32.7 Å². The Balaban J connectivity index is 1.98. The van der Waals surface area contributed by atoms with E-state index >= 15 is 0 Å². The van der Waals surface area contributed by atoms with Gasteiger partial charge in [-0.25, -0.2) is 0 Å². The summed E-state index contributed by atoms with van der Waals surface area (Å²) in [4.78, 5) is 0. The third-order valence-corrected chi connectivity index (χ3v) is 3.58. The van der Waals surface area contributed by atoms with Gasteiger partial charge in [-0.15, -0.1) is 0 Å².